The molecule has 16 heavy (non-hydrogen) atoms. The fourth-order valence-electron chi connectivity index (χ4n) is 2.35. The number of fused-ring (bicyclic) bond motifs is 2. The van der Waals surface area contributed by atoms with Crippen molar-refractivity contribution in [3.63, 3.8) is 0 Å². The first-order valence-electron chi connectivity index (χ1n) is 5.21. The molecular formula is C12H12N2O2. The van der Waals surface area contributed by atoms with Crippen molar-refractivity contribution in [1.82, 2.24) is 9.88 Å². The van der Waals surface area contributed by atoms with E-state index in [2.05, 4.69) is 11.4 Å². The van der Waals surface area contributed by atoms with E-state index in [-0.39, 0.29) is 0 Å². The summed E-state index contributed by atoms with van der Waals surface area (Å²) >= 11 is 0. The molecule has 0 amide bonds. The summed E-state index contributed by atoms with van der Waals surface area (Å²) in [7, 11) is 1.88. The van der Waals surface area contributed by atoms with Gasteiger partial charge in [-0.25, -0.2) is 4.79 Å². The van der Waals surface area contributed by atoms with E-state index in [0.717, 1.165) is 24.0 Å². The Morgan fingerprint density at radius 3 is 2.75 bits per heavy atom. The smallest absolute Gasteiger partial charge is 0.337 e. The number of hydrogen-bond donors (Lipinski definition) is 2. The number of aryl methyl sites for hydroxylation is 1. The summed E-state index contributed by atoms with van der Waals surface area (Å²) in [6.07, 6.45) is 1.68. The maximum Gasteiger partial charge on any atom is 0.337 e. The Hall–Kier alpha value is -1.81. The molecule has 0 aliphatic carbocycles. The lowest BCUT2D eigenvalue weighted by molar-refractivity contribution is 0.0699. The highest BCUT2D eigenvalue weighted by molar-refractivity contribution is 6.03. The van der Waals surface area contributed by atoms with Crippen LogP contribution in [0.5, 0.6) is 0 Å². The zero-order chi connectivity index (χ0) is 11.3. The van der Waals surface area contributed by atoms with E-state index in [1.807, 2.05) is 17.7 Å². The van der Waals surface area contributed by atoms with Gasteiger partial charge >= 0.3 is 5.97 Å². The van der Waals surface area contributed by atoms with E-state index < -0.39 is 5.97 Å². The highest BCUT2D eigenvalue weighted by atomic mass is 16.4. The second-order valence-corrected chi connectivity index (χ2v) is 4.20. The highest BCUT2D eigenvalue weighted by Gasteiger charge is 2.17. The summed E-state index contributed by atoms with van der Waals surface area (Å²) in [6.45, 7) is 1.71. The normalized spacial score (nSPS) is 14.3. The SMILES string of the molecule is Cn1cc(C(=O)O)c2cc3c(cc21)CNC3. The van der Waals surface area contributed by atoms with Crippen LogP contribution in [-0.2, 0) is 20.1 Å². The van der Waals surface area contributed by atoms with Crippen LogP contribution in [0.2, 0.25) is 0 Å². The average molecular weight is 216 g/mol. The third-order valence-electron chi connectivity index (χ3n) is 3.17. The van der Waals surface area contributed by atoms with Gasteiger partial charge in [0.05, 0.1) is 5.56 Å². The van der Waals surface area contributed by atoms with Crippen molar-refractivity contribution in [2.45, 2.75) is 13.1 Å². The Labute approximate surface area is 92.5 Å². The van der Waals surface area contributed by atoms with Crippen LogP contribution in [0.3, 0.4) is 0 Å². The minimum Gasteiger partial charge on any atom is -0.478 e. The Kier molecular flexibility index (Phi) is 1.82. The topological polar surface area (TPSA) is 54.3 Å². The largest absolute Gasteiger partial charge is 0.478 e. The third kappa shape index (κ3) is 1.17. The van der Waals surface area contributed by atoms with Crippen molar-refractivity contribution in [2.75, 3.05) is 0 Å². The molecule has 0 radical (unpaired) electrons. The lowest BCUT2D eigenvalue weighted by atomic mass is 10.1. The lowest BCUT2D eigenvalue weighted by Gasteiger charge is -2.01. The minimum atomic E-state index is -0.864. The average Bonchev–Trinajstić information content (AvgIpc) is 2.80. The first-order chi connectivity index (χ1) is 7.66. The van der Waals surface area contributed by atoms with E-state index in [4.69, 9.17) is 5.11 Å². The van der Waals surface area contributed by atoms with Crippen molar-refractivity contribution >= 4 is 16.9 Å². The number of carboxylic acids is 1. The van der Waals surface area contributed by atoms with Gasteiger partial charge in [-0.15, -0.1) is 0 Å². The van der Waals surface area contributed by atoms with Crippen molar-refractivity contribution in [2.24, 2.45) is 7.05 Å². The van der Waals surface area contributed by atoms with Gasteiger partial charge in [-0.05, 0) is 23.3 Å². The zero-order valence-electron chi connectivity index (χ0n) is 8.95. The fourth-order valence-corrected chi connectivity index (χ4v) is 2.35. The first-order valence-corrected chi connectivity index (χ1v) is 5.21. The number of carbonyl (C=O) groups is 1. The molecule has 0 saturated heterocycles. The van der Waals surface area contributed by atoms with Crippen molar-refractivity contribution in [1.29, 1.82) is 0 Å². The molecule has 2 N–H and O–H groups in total. The van der Waals surface area contributed by atoms with Gasteiger partial charge in [0.25, 0.3) is 0 Å². The van der Waals surface area contributed by atoms with Crippen LogP contribution >= 0.6 is 0 Å². The predicted molar refractivity (Wildman–Crippen MR) is 60.4 cm³/mol. The van der Waals surface area contributed by atoms with Crippen molar-refractivity contribution in [3.8, 4) is 0 Å². The number of hydrogen-bond acceptors (Lipinski definition) is 2. The molecule has 4 heteroatoms. The van der Waals surface area contributed by atoms with E-state index in [0.29, 0.717) is 5.56 Å². The summed E-state index contributed by atoms with van der Waals surface area (Å²) in [5.41, 5.74) is 3.85. The van der Waals surface area contributed by atoms with Crippen LogP contribution < -0.4 is 5.32 Å². The molecule has 0 bridgehead atoms. The zero-order valence-corrected chi connectivity index (χ0v) is 8.95. The predicted octanol–water partition coefficient (Wildman–Crippen LogP) is 1.48. The molecule has 1 aliphatic heterocycles. The van der Waals surface area contributed by atoms with Crippen LogP contribution in [-0.4, -0.2) is 15.6 Å². The molecule has 2 heterocycles. The molecule has 0 atom stereocenters. The fraction of sp³-hybridized carbons (Fsp3) is 0.250. The van der Waals surface area contributed by atoms with Gasteiger partial charge < -0.3 is 15.0 Å². The molecule has 0 unspecified atom stereocenters. The summed E-state index contributed by atoms with van der Waals surface area (Å²) in [5.74, 6) is -0.864. The monoisotopic (exact) mass is 216 g/mol. The molecule has 82 valence electrons. The third-order valence-corrected chi connectivity index (χ3v) is 3.17. The summed E-state index contributed by atoms with van der Waals surface area (Å²) in [4.78, 5) is 11.1. The second-order valence-electron chi connectivity index (χ2n) is 4.20. The lowest BCUT2D eigenvalue weighted by Crippen LogP contribution is -2.00. The van der Waals surface area contributed by atoms with E-state index >= 15 is 0 Å². The number of rotatable bonds is 1. The minimum absolute atomic E-state index is 0.382. The molecule has 0 fully saturated rings. The number of carboxylic acid groups (broad SMARTS) is 1. The molecule has 1 aromatic carbocycles. The van der Waals surface area contributed by atoms with Gasteiger partial charge in [0.15, 0.2) is 0 Å². The molecule has 1 aromatic heterocycles. The number of nitrogens with zero attached hydrogens (tertiary/aromatic N) is 1. The number of aromatic carboxylic acids is 1. The number of aromatic nitrogens is 1. The van der Waals surface area contributed by atoms with Gasteiger partial charge in [0.1, 0.15) is 0 Å². The quantitative estimate of drug-likeness (QED) is 0.759. The summed E-state index contributed by atoms with van der Waals surface area (Å²) in [5, 5.41) is 13.2. The Bertz CT molecular complexity index is 599. The van der Waals surface area contributed by atoms with Crippen molar-refractivity contribution in [3.05, 3.63) is 35.0 Å². The standard InChI is InChI=1S/C12H12N2O2/c1-14-6-10(12(15)16)9-2-7-4-13-5-8(7)3-11(9)14/h2-3,6,13H,4-5H2,1H3,(H,15,16). The summed E-state index contributed by atoms with van der Waals surface area (Å²) in [6, 6.07) is 4.07. The van der Waals surface area contributed by atoms with E-state index in [1.165, 1.54) is 11.1 Å². The maximum absolute atomic E-state index is 11.1. The Balaban J connectivity index is 2.36. The van der Waals surface area contributed by atoms with Crippen LogP contribution in [0.4, 0.5) is 0 Å². The van der Waals surface area contributed by atoms with Crippen LogP contribution in [0.15, 0.2) is 18.3 Å². The molecule has 0 saturated carbocycles. The number of benzene rings is 1. The molecule has 0 spiro atoms. The Morgan fingerprint density at radius 1 is 1.38 bits per heavy atom. The van der Waals surface area contributed by atoms with Crippen molar-refractivity contribution < 1.29 is 9.90 Å². The van der Waals surface area contributed by atoms with Crippen LogP contribution in [0.1, 0.15) is 21.5 Å². The highest BCUT2D eigenvalue weighted by Crippen LogP contribution is 2.27. The first kappa shape index (κ1) is 9.42. The maximum atomic E-state index is 11.1. The molecule has 3 rings (SSSR count). The van der Waals surface area contributed by atoms with Gasteiger partial charge in [0, 0.05) is 37.2 Å². The van der Waals surface area contributed by atoms with Gasteiger partial charge in [-0.2, -0.15) is 0 Å². The van der Waals surface area contributed by atoms with E-state index in [1.54, 1.807) is 6.20 Å². The summed E-state index contributed by atoms with van der Waals surface area (Å²) < 4.78 is 1.87. The van der Waals surface area contributed by atoms with E-state index in [9.17, 15) is 4.79 Å². The molecule has 2 aromatic rings. The van der Waals surface area contributed by atoms with Crippen LogP contribution in [0, 0.1) is 0 Å². The van der Waals surface area contributed by atoms with Gasteiger partial charge in [0.2, 0.25) is 0 Å². The molecular weight excluding hydrogens is 204 g/mol. The molecule has 4 nitrogen and oxygen atoms in total. The van der Waals surface area contributed by atoms with Gasteiger partial charge in [-0.3, -0.25) is 0 Å². The second kappa shape index (κ2) is 3.09. The van der Waals surface area contributed by atoms with Crippen LogP contribution in [0.25, 0.3) is 10.9 Å². The Morgan fingerprint density at radius 2 is 2.06 bits per heavy atom. The molecule has 1 aliphatic rings. The van der Waals surface area contributed by atoms with Gasteiger partial charge in [-0.1, -0.05) is 0 Å². The number of nitrogens with one attached hydrogen (secondary N) is 1.